The number of hydrogen-bond acceptors (Lipinski definition) is 8. The Morgan fingerprint density at radius 3 is 0.592 bits per heavy atom. The number of quaternary nitrogens is 4. The van der Waals surface area contributed by atoms with E-state index in [-0.39, 0.29) is 23.9 Å². The van der Waals surface area contributed by atoms with Gasteiger partial charge in [0.2, 0.25) is 0 Å². The minimum absolute atomic E-state index is 0.246. The van der Waals surface area contributed by atoms with Gasteiger partial charge in [-0.25, -0.2) is 19.2 Å². The summed E-state index contributed by atoms with van der Waals surface area (Å²) in [5.41, 5.74) is 2.44. The highest BCUT2D eigenvalue weighted by molar-refractivity contribution is 5.90. The number of unbranched alkanes of at least 4 members (excludes halogenated alkanes) is 3. The highest BCUT2D eigenvalue weighted by Crippen LogP contribution is 2.05. The van der Waals surface area contributed by atoms with E-state index in [0.29, 0.717) is 48.7 Å². The summed E-state index contributed by atoms with van der Waals surface area (Å²) in [6, 6.07) is 36.2. The highest BCUT2D eigenvalue weighted by atomic mass is 16.5. The molecular formula is C64H112N4O8+4. The Labute approximate surface area is 465 Å². The quantitative estimate of drug-likeness (QED) is 0.0519. The third-order valence-electron chi connectivity index (χ3n) is 9.23. The van der Waals surface area contributed by atoms with Crippen LogP contribution in [0.3, 0.4) is 0 Å². The standard InChI is InChI=1S/4C12H18NO2.C5H12.2C4H10.C3H8/c4*1-13(2,3)9-10-15-12(14)11-7-5-4-6-8-11;1-3-5-4-2;1-4(2)3;1-3-4-2;1-3-2/h4*4-8H,9-10H2,1-3H3;3-5H2,1-2H3;4H,1-3H3;3-4H2,1-2H3;3H2,1-2H3/q4*+1;;;;. The number of likely N-dealkylation sites (N-methyl/N-ethyl adjacent to an activating group) is 4. The lowest BCUT2D eigenvalue weighted by Gasteiger charge is -2.23. The number of nitrogens with zero attached hydrogens (tertiary/aromatic N) is 4. The molecule has 4 rings (SSSR count). The molecule has 0 unspecified atom stereocenters. The van der Waals surface area contributed by atoms with Crippen molar-refractivity contribution in [1.29, 1.82) is 0 Å². The van der Waals surface area contributed by atoms with Crippen LogP contribution in [0, 0.1) is 5.92 Å². The van der Waals surface area contributed by atoms with Crippen LogP contribution < -0.4 is 0 Å². The average molecular weight is 1070 g/mol. The molecule has 4 aromatic carbocycles. The second-order valence-electron chi connectivity index (χ2n) is 22.9. The monoisotopic (exact) mass is 1060 g/mol. The van der Waals surface area contributed by atoms with Crippen molar-refractivity contribution < 1.29 is 56.1 Å². The first kappa shape index (κ1) is 77.1. The lowest BCUT2D eigenvalue weighted by atomic mass is 10.2. The van der Waals surface area contributed by atoms with E-state index in [1.807, 2.05) is 72.8 Å². The molecule has 0 atom stereocenters. The molecule has 12 heteroatoms. The van der Waals surface area contributed by atoms with E-state index < -0.39 is 0 Å². The van der Waals surface area contributed by atoms with Crippen molar-refractivity contribution in [1.82, 2.24) is 0 Å². The Morgan fingerprint density at radius 1 is 0.329 bits per heavy atom. The maximum Gasteiger partial charge on any atom is 0.338 e. The minimum atomic E-state index is -0.246. The smallest absolute Gasteiger partial charge is 0.338 e. The van der Waals surface area contributed by atoms with Crippen LogP contribution in [0.4, 0.5) is 0 Å². The molecule has 0 heterocycles. The third-order valence-corrected chi connectivity index (χ3v) is 9.23. The fraction of sp³-hybridized carbons (Fsp3) is 0.562. The van der Waals surface area contributed by atoms with Crippen LogP contribution in [0.25, 0.3) is 0 Å². The predicted molar refractivity (Wildman–Crippen MR) is 321 cm³/mol. The topological polar surface area (TPSA) is 105 Å². The van der Waals surface area contributed by atoms with Crippen molar-refractivity contribution >= 4 is 23.9 Å². The van der Waals surface area contributed by atoms with Gasteiger partial charge in [-0.2, -0.15) is 0 Å². The summed E-state index contributed by atoms with van der Waals surface area (Å²) in [6.45, 7) is 24.6. The average Bonchev–Trinajstić information content (AvgIpc) is 3.34. The second-order valence-corrected chi connectivity index (χ2v) is 22.9. The number of benzene rings is 4. The molecule has 76 heavy (non-hydrogen) atoms. The van der Waals surface area contributed by atoms with E-state index in [9.17, 15) is 19.2 Å². The van der Waals surface area contributed by atoms with Crippen molar-refractivity contribution in [2.45, 2.75) is 101 Å². The molecular weight excluding hydrogens is 953 g/mol. The molecule has 0 radical (unpaired) electrons. The zero-order chi connectivity index (χ0) is 59.1. The molecule has 0 amide bonds. The number of hydrogen-bond donors (Lipinski definition) is 0. The van der Waals surface area contributed by atoms with Crippen molar-refractivity contribution in [3.63, 3.8) is 0 Å². The zero-order valence-electron chi connectivity index (χ0n) is 52.1. The number of carbonyl (C=O) groups excluding carboxylic acids is 4. The molecule has 0 N–H and O–H groups in total. The molecule has 0 fully saturated rings. The molecule has 4 aromatic rings. The normalized spacial score (nSPS) is 10.4. The van der Waals surface area contributed by atoms with Crippen LogP contribution in [-0.4, -0.2) is 179 Å². The van der Waals surface area contributed by atoms with Crippen LogP contribution in [0.1, 0.15) is 142 Å². The summed E-state index contributed by atoms with van der Waals surface area (Å²) in [4.78, 5) is 46.0. The molecule has 432 valence electrons. The van der Waals surface area contributed by atoms with E-state index in [2.05, 4.69) is 147 Å². The van der Waals surface area contributed by atoms with Crippen molar-refractivity contribution in [3.05, 3.63) is 144 Å². The Kier molecular flexibility index (Phi) is 47.5. The van der Waals surface area contributed by atoms with E-state index in [4.69, 9.17) is 18.9 Å². The molecule has 0 aliphatic rings. The van der Waals surface area contributed by atoms with Gasteiger partial charge in [0.05, 0.1) is 107 Å². The van der Waals surface area contributed by atoms with Crippen LogP contribution >= 0.6 is 0 Å². The fourth-order valence-corrected chi connectivity index (χ4v) is 4.63. The van der Waals surface area contributed by atoms with Gasteiger partial charge in [-0.3, -0.25) is 0 Å². The minimum Gasteiger partial charge on any atom is -0.456 e. The summed E-state index contributed by atoms with van der Waals surface area (Å²) < 4.78 is 23.8. The molecule has 0 aromatic heterocycles. The van der Waals surface area contributed by atoms with Gasteiger partial charge in [0.1, 0.15) is 52.6 Å². The number of rotatable bonds is 19. The summed E-state index contributed by atoms with van der Waals surface area (Å²) in [7, 11) is 24.8. The van der Waals surface area contributed by atoms with Gasteiger partial charge in [-0.15, -0.1) is 0 Å². The molecule has 0 spiro atoms. The summed E-state index contributed by atoms with van der Waals surface area (Å²) >= 11 is 0. The highest BCUT2D eigenvalue weighted by Gasteiger charge is 2.14. The van der Waals surface area contributed by atoms with Crippen LogP contribution in [0.15, 0.2) is 121 Å². The number of ether oxygens (including phenoxy) is 4. The van der Waals surface area contributed by atoms with E-state index in [0.717, 1.165) is 50.0 Å². The zero-order valence-corrected chi connectivity index (χ0v) is 52.1. The first-order chi connectivity index (χ1) is 35.4. The Balaban J connectivity index is -0.000000414. The lowest BCUT2D eigenvalue weighted by Crippen LogP contribution is -2.38. The fourth-order valence-electron chi connectivity index (χ4n) is 4.63. The maximum absolute atomic E-state index is 11.5. The summed E-state index contributed by atoms with van der Waals surface area (Å²) in [5.74, 6) is -0.152. The van der Waals surface area contributed by atoms with Gasteiger partial charge in [-0.1, -0.05) is 174 Å². The maximum atomic E-state index is 11.5. The Hall–Kier alpha value is -5.40. The van der Waals surface area contributed by atoms with Gasteiger partial charge >= 0.3 is 23.9 Å². The third kappa shape index (κ3) is 57.9. The van der Waals surface area contributed by atoms with Crippen LogP contribution in [0.5, 0.6) is 0 Å². The van der Waals surface area contributed by atoms with Crippen LogP contribution in [0.2, 0.25) is 0 Å². The first-order valence-electron chi connectivity index (χ1n) is 27.5. The Morgan fingerprint density at radius 2 is 0.487 bits per heavy atom. The van der Waals surface area contributed by atoms with Crippen molar-refractivity contribution in [3.8, 4) is 0 Å². The van der Waals surface area contributed by atoms with Gasteiger partial charge in [-0.05, 0) is 54.4 Å². The SMILES string of the molecule is CC(C)C.CCC.CCCC.CCCCC.C[N+](C)(C)CCOC(=O)c1ccccc1.C[N+](C)(C)CCOC(=O)c1ccccc1.C[N+](C)(C)CCOC(=O)c1ccccc1.C[N+](C)(C)CCOC(=O)c1ccccc1. The summed E-state index contributed by atoms with van der Waals surface area (Å²) in [5, 5.41) is 0. The van der Waals surface area contributed by atoms with Gasteiger partial charge in [0, 0.05) is 0 Å². The van der Waals surface area contributed by atoms with Gasteiger partial charge in [0.15, 0.2) is 0 Å². The molecule has 0 saturated heterocycles. The van der Waals surface area contributed by atoms with Crippen molar-refractivity contribution in [2.75, 3.05) is 137 Å². The predicted octanol–water partition coefficient (Wildman–Crippen LogP) is 13.3. The van der Waals surface area contributed by atoms with E-state index in [1.165, 1.54) is 38.5 Å². The number of carbonyl (C=O) groups is 4. The van der Waals surface area contributed by atoms with Crippen molar-refractivity contribution in [2.24, 2.45) is 5.92 Å². The molecule has 0 aliphatic carbocycles. The molecule has 0 saturated carbocycles. The lowest BCUT2D eigenvalue weighted by molar-refractivity contribution is -0.870. The van der Waals surface area contributed by atoms with E-state index >= 15 is 0 Å². The largest absolute Gasteiger partial charge is 0.456 e. The molecule has 0 aliphatic heterocycles. The van der Waals surface area contributed by atoms with Gasteiger partial charge in [0.25, 0.3) is 0 Å². The van der Waals surface area contributed by atoms with Crippen LogP contribution in [-0.2, 0) is 18.9 Å². The second kappa shape index (κ2) is 46.9. The first-order valence-corrected chi connectivity index (χ1v) is 27.5. The summed E-state index contributed by atoms with van der Waals surface area (Å²) in [6.07, 6.45) is 7.97. The van der Waals surface area contributed by atoms with Gasteiger partial charge < -0.3 is 36.9 Å². The Bertz CT molecular complexity index is 1680. The molecule has 0 bridgehead atoms. The van der Waals surface area contributed by atoms with E-state index in [1.54, 1.807) is 48.5 Å². The molecule has 12 nitrogen and oxygen atoms in total. The number of esters is 4.